The molecular formula is C24H36N2O4. The van der Waals surface area contributed by atoms with Crippen molar-refractivity contribution in [3.63, 3.8) is 0 Å². The molecule has 4 rings (SSSR count). The molecule has 1 aromatic rings. The molecule has 0 aromatic heterocycles. The van der Waals surface area contributed by atoms with Gasteiger partial charge < -0.3 is 24.4 Å². The fourth-order valence-electron chi connectivity index (χ4n) is 5.20. The molecular weight excluding hydrogens is 380 g/mol. The number of fused-ring (bicyclic) bond motifs is 1. The number of para-hydroxylation sites is 1. The monoisotopic (exact) mass is 416 g/mol. The Morgan fingerprint density at radius 1 is 1.13 bits per heavy atom. The first-order chi connectivity index (χ1) is 14.7. The van der Waals surface area contributed by atoms with E-state index in [0.717, 1.165) is 30.3 Å². The van der Waals surface area contributed by atoms with Crippen LogP contribution in [0.2, 0.25) is 0 Å². The lowest BCUT2D eigenvalue weighted by atomic mass is 9.83. The second kappa shape index (κ2) is 10.5. The summed E-state index contributed by atoms with van der Waals surface area (Å²) in [5.74, 6) is 3.39. The van der Waals surface area contributed by atoms with Gasteiger partial charge in [-0.25, -0.2) is 0 Å². The van der Waals surface area contributed by atoms with E-state index in [-0.39, 0.29) is 5.91 Å². The molecule has 1 amide bonds. The Morgan fingerprint density at radius 2 is 1.93 bits per heavy atom. The van der Waals surface area contributed by atoms with Crippen molar-refractivity contribution in [1.82, 2.24) is 10.2 Å². The van der Waals surface area contributed by atoms with Gasteiger partial charge in [0.2, 0.25) is 12.7 Å². The molecule has 0 unspecified atom stereocenters. The minimum atomic E-state index is 0.129. The number of hydrogen-bond donors (Lipinski definition) is 1. The predicted octanol–water partition coefficient (Wildman–Crippen LogP) is 3.70. The third-order valence-electron chi connectivity index (χ3n) is 7.05. The van der Waals surface area contributed by atoms with Crippen LogP contribution in [0.1, 0.15) is 62.8 Å². The fraction of sp³-hybridized carbons (Fsp3) is 0.708. The van der Waals surface area contributed by atoms with Crippen molar-refractivity contribution >= 4 is 5.91 Å². The molecule has 2 fully saturated rings. The number of piperidine rings is 1. The number of nitrogens with zero attached hydrogens (tertiary/aromatic N) is 1. The number of hydrogen-bond acceptors (Lipinski definition) is 5. The fourth-order valence-corrected chi connectivity index (χ4v) is 5.20. The van der Waals surface area contributed by atoms with Crippen LogP contribution in [0.4, 0.5) is 0 Å². The van der Waals surface area contributed by atoms with Crippen molar-refractivity contribution < 1.29 is 19.0 Å². The van der Waals surface area contributed by atoms with Gasteiger partial charge in [-0.15, -0.1) is 0 Å². The van der Waals surface area contributed by atoms with Gasteiger partial charge in [-0.1, -0.05) is 12.1 Å². The van der Waals surface area contributed by atoms with Gasteiger partial charge >= 0.3 is 0 Å². The summed E-state index contributed by atoms with van der Waals surface area (Å²) in [6, 6.07) is 6.66. The van der Waals surface area contributed by atoms with E-state index < -0.39 is 0 Å². The first kappa shape index (κ1) is 21.4. The zero-order valence-corrected chi connectivity index (χ0v) is 18.2. The molecule has 0 spiro atoms. The van der Waals surface area contributed by atoms with Crippen molar-refractivity contribution in [2.75, 3.05) is 40.1 Å². The number of nitrogens with one attached hydrogen (secondary N) is 1. The molecule has 166 valence electrons. The molecule has 6 nitrogen and oxygen atoms in total. The van der Waals surface area contributed by atoms with Crippen LogP contribution < -0.4 is 14.8 Å². The summed E-state index contributed by atoms with van der Waals surface area (Å²) in [6.45, 7) is 4.39. The Morgan fingerprint density at radius 3 is 2.70 bits per heavy atom. The number of rotatable bonds is 8. The van der Waals surface area contributed by atoms with E-state index in [1.807, 2.05) is 6.07 Å². The summed E-state index contributed by atoms with van der Waals surface area (Å²) in [5.41, 5.74) is 1.33. The molecule has 0 bridgehead atoms. The molecule has 30 heavy (non-hydrogen) atoms. The molecule has 0 atom stereocenters. The van der Waals surface area contributed by atoms with E-state index in [2.05, 4.69) is 22.3 Å². The van der Waals surface area contributed by atoms with E-state index in [9.17, 15) is 4.79 Å². The van der Waals surface area contributed by atoms with E-state index in [0.29, 0.717) is 31.8 Å². The normalized spacial score (nSPS) is 24.7. The Bertz CT molecular complexity index is 694. The van der Waals surface area contributed by atoms with Crippen molar-refractivity contribution in [2.45, 2.75) is 63.3 Å². The highest BCUT2D eigenvalue weighted by Gasteiger charge is 2.28. The molecule has 2 aliphatic heterocycles. The highest BCUT2D eigenvalue weighted by atomic mass is 16.7. The third-order valence-corrected chi connectivity index (χ3v) is 7.05. The van der Waals surface area contributed by atoms with Crippen LogP contribution in [0.3, 0.4) is 0 Å². The second-order valence-electron chi connectivity index (χ2n) is 9.01. The molecule has 1 saturated carbocycles. The van der Waals surface area contributed by atoms with Crippen LogP contribution in [0.5, 0.6) is 11.5 Å². The third kappa shape index (κ3) is 5.46. The van der Waals surface area contributed by atoms with Crippen LogP contribution in [-0.4, -0.2) is 57.0 Å². The number of methoxy groups -OCH3 is 1. The Kier molecular flexibility index (Phi) is 7.50. The number of carbonyl (C=O) groups excluding carboxylic acids is 1. The second-order valence-corrected chi connectivity index (χ2v) is 9.01. The Hall–Kier alpha value is -1.79. The van der Waals surface area contributed by atoms with Crippen LogP contribution >= 0.6 is 0 Å². The molecule has 2 heterocycles. The minimum absolute atomic E-state index is 0.129. The quantitative estimate of drug-likeness (QED) is 0.700. The maximum absolute atomic E-state index is 11.9. The van der Waals surface area contributed by atoms with Gasteiger partial charge in [0.25, 0.3) is 0 Å². The van der Waals surface area contributed by atoms with Gasteiger partial charge in [0.1, 0.15) is 0 Å². The molecule has 3 aliphatic rings. The summed E-state index contributed by atoms with van der Waals surface area (Å²) in [7, 11) is 1.64. The van der Waals surface area contributed by atoms with Crippen LogP contribution in [0.25, 0.3) is 0 Å². The number of amides is 1. The van der Waals surface area contributed by atoms with Crippen molar-refractivity contribution in [3.8, 4) is 11.5 Å². The molecule has 1 N–H and O–H groups in total. The van der Waals surface area contributed by atoms with Crippen molar-refractivity contribution in [1.29, 1.82) is 0 Å². The highest BCUT2D eigenvalue weighted by molar-refractivity contribution is 5.76. The maximum Gasteiger partial charge on any atom is 0.231 e. The number of benzene rings is 1. The molecule has 6 heteroatoms. The maximum atomic E-state index is 11.9. The predicted molar refractivity (Wildman–Crippen MR) is 116 cm³/mol. The standard InChI is InChI=1S/C24H36N2O4/c1-28-16-12-23(27)25-20-7-5-18(6-8-20)9-13-26-14-10-19(11-15-26)21-3-2-4-22-24(21)30-17-29-22/h2-4,18-20H,5-17H2,1H3,(H,25,27). The molecule has 1 aromatic carbocycles. The van der Waals surface area contributed by atoms with E-state index in [1.54, 1.807) is 7.11 Å². The zero-order valence-electron chi connectivity index (χ0n) is 18.2. The smallest absolute Gasteiger partial charge is 0.231 e. The summed E-state index contributed by atoms with van der Waals surface area (Å²) >= 11 is 0. The first-order valence-electron chi connectivity index (χ1n) is 11.6. The number of carbonyl (C=O) groups is 1. The summed E-state index contributed by atoms with van der Waals surface area (Å²) in [5, 5.41) is 3.17. The zero-order chi connectivity index (χ0) is 20.8. The number of ether oxygens (including phenoxy) is 3. The molecule has 1 saturated heterocycles. The first-order valence-corrected chi connectivity index (χ1v) is 11.6. The van der Waals surface area contributed by atoms with E-state index in [4.69, 9.17) is 14.2 Å². The van der Waals surface area contributed by atoms with E-state index >= 15 is 0 Å². The van der Waals surface area contributed by atoms with Crippen LogP contribution in [-0.2, 0) is 9.53 Å². The van der Waals surface area contributed by atoms with Gasteiger partial charge in [-0.3, -0.25) is 4.79 Å². The summed E-state index contributed by atoms with van der Waals surface area (Å²) in [6.07, 6.45) is 8.85. The lowest BCUT2D eigenvalue weighted by molar-refractivity contribution is -0.122. The van der Waals surface area contributed by atoms with Crippen molar-refractivity contribution in [3.05, 3.63) is 23.8 Å². The average Bonchev–Trinajstić information content (AvgIpc) is 3.27. The number of likely N-dealkylation sites (tertiary alicyclic amines) is 1. The average molecular weight is 417 g/mol. The van der Waals surface area contributed by atoms with Gasteiger partial charge in [0, 0.05) is 25.1 Å². The Balaban J connectivity index is 1.14. The lowest BCUT2D eigenvalue weighted by Crippen LogP contribution is -2.39. The molecule has 1 aliphatic carbocycles. The topological polar surface area (TPSA) is 60.0 Å². The van der Waals surface area contributed by atoms with Gasteiger partial charge in [-0.2, -0.15) is 0 Å². The van der Waals surface area contributed by atoms with Gasteiger partial charge in [-0.05, 0) is 82.5 Å². The lowest BCUT2D eigenvalue weighted by Gasteiger charge is -2.34. The summed E-state index contributed by atoms with van der Waals surface area (Å²) < 4.78 is 16.2. The van der Waals surface area contributed by atoms with Gasteiger partial charge in [0.05, 0.1) is 6.61 Å². The van der Waals surface area contributed by atoms with Gasteiger partial charge in [0.15, 0.2) is 11.5 Å². The van der Waals surface area contributed by atoms with Crippen molar-refractivity contribution in [2.24, 2.45) is 5.92 Å². The molecule has 0 radical (unpaired) electrons. The summed E-state index contributed by atoms with van der Waals surface area (Å²) in [4.78, 5) is 14.5. The highest BCUT2D eigenvalue weighted by Crippen LogP contribution is 2.42. The largest absolute Gasteiger partial charge is 0.454 e. The Labute approximate surface area is 180 Å². The van der Waals surface area contributed by atoms with Crippen LogP contribution in [0.15, 0.2) is 18.2 Å². The van der Waals surface area contributed by atoms with E-state index in [1.165, 1.54) is 57.3 Å². The van der Waals surface area contributed by atoms with Crippen LogP contribution in [0, 0.1) is 5.92 Å². The minimum Gasteiger partial charge on any atom is -0.454 e. The SMILES string of the molecule is COCCC(=O)NC1CCC(CCN2CCC(c3cccc4c3OCO4)CC2)CC1.